The van der Waals surface area contributed by atoms with Crippen molar-refractivity contribution >= 4 is 22.1 Å². The molecule has 0 unspecified atom stereocenters. The van der Waals surface area contributed by atoms with Crippen LogP contribution in [0.5, 0.6) is 0 Å². The molecular weight excluding hydrogens is 441 g/mol. The van der Waals surface area contributed by atoms with Gasteiger partial charge in [-0.05, 0) is 73.3 Å². The molecular formula is C27H22FN7. The van der Waals surface area contributed by atoms with Crippen LogP contribution >= 0.6 is 0 Å². The quantitative estimate of drug-likeness (QED) is 0.356. The molecule has 0 aliphatic rings. The van der Waals surface area contributed by atoms with Crippen LogP contribution in [-0.2, 0) is 6.54 Å². The summed E-state index contributed by atoms with van der Waals surface area (Å²) in [7, 11) is 4.06. The van der Waals surface area contributed by atoms with E-state index in [2.05, 4.69) is 36.1 Å². The van der Waals surface area contributed by atoms with Crippen LogP contribution in [0.3, 0.4) is 0 Å². The number of halogens is 1. The molecule has 2 N–H and O–H groups in total. The lowest BCUT2D eigenvalue weighted by molar-refractivity contribution is 0.402. The molecule has 6 aromatic rings. The number of nitrogens with one attached hydrogen (secondary N) is 2. The van der Waals surface area contributed by atoms with Gasteiger partial charge in [-0.25, -0.2) is 14.4 Å². The lowest BCUT2D eigenvalue weighted by Gasteiger charge is -2.10. The van der Waals surface area contributed by atoms with Crippen molar-refractivity contribution in [3.63, 3.8) is 0 Å². The summed E-state index contributed by atoms with van der Waals surface area (Å²) in [5, 5.41) is 8.51. The van der Waals surface area contributed by atoms with Crippen molar-refractivity contribution < 1.29 is 4.39 Å². The van der Waals surface area contributed by atoms with Crippen LogP contribution in [0.15, 0.2) is 73.2 Å². The molecule has 0 aliphatic carbocycles. The number of nitrogens with zero attached hydrogens (tertiary/aromatic N) is 5. The van der Waals surface area contributed by atoms with E-state index in [1.807, 2.05) is 56.8 Å². The average Bonchev–Trinajstić information content (AvgIpc) is 3.47. The van der Waals surface area contributed by atoms with Gasteiger partial charge < -0.3 is 9.88 Å². The zero-order valence-corrected chi connectivity index (χ0v) is 19.2. The van der Waals surface area contributed by atoms with Crippen LogP contribution in [0.4, 0.5) is 4.39 Å². The van der Waals surface area contributed by atoms with Gasteiger partial charge in [0.05, 0.1) is 16.9 Å². The second-order valence-corrected chi connectivity index (χ2v) is 8.80. The standard InChI is InChI=1S/C27H22FN7/c1-35(2)15-16-10-18(14-29-13-16)22-6-7-23-25(31-22)26(34-33-23)24-12-21-20(8-9-30-27(21)32-24)17-4-3-5-19(28)11-17/h3-14H,15H2,1-2H3,(H,30,32)(H,33,34). The number of rotatable bonds is 5. The van der Waals surface area contributed by atoms with Crippen molar-refractivity contribution in [2.45, 2.75) is 6.54 Å². The summed E-state index contributed by atoms with van der Waals surface area (Å²) in [4.78, 5) is 19.3. The highest BCUT2D eigenvalue weighted by molar-refractivity contribution is 5.99. The number of benzene rings is 1. The minimum atomic E-state index is -0.276. The SMILES string of the molecule is CN(C)Cc1cncc(-c2ccc3[nH]nc(-c4cc5c(-c6cccc(F)c6)ccnc5[nH]4)c3n2)c1. The Hall–Kier alpha value is -4.43. The molecule has 8 heteroatoms. The maximum atomic E-state index is 13.9. The zero-order valence-electron chi connectivity index (χ0n) is 19.2. The predicted molar refractivity (Wildman–Crippen MR) is 135 cm³/mol. The van der Waals surface area contributed by atoms with Crippen LogP contribution in [0, 0.1) is 5.82 Å². The Bertz CT molecular complexity index is 1680. The third-order valence-electron chi connectivity index (χ3n) is 5.92. The van der Waals surface area contributed by atoms with E-state index in [9.17, 15) is 4.39 Å². The van der Waals surface area contributed by atoms with Crippen LogP contribution < -0.4 is 0 Å². The van der Waals surface area contributed by atoms with Gasteiger partial charge >= 0.3 is 0 Å². The molecule has 1 aromatic carbocycles. The van der Waals surface area contributed by atoms with E-state index >= 15 is 0 Å². The third kappa shape index (κ3) is 3.94. The summed E-state index contributed by atoms with van der Waals surface area (Å²) >= 11 is 0. The maximum Gasteiger partial charge on any atom is 0.138 e. The predicted octanol–water partition coefficient (Wildman–Crippen LogP) is 5.43. The largest absolute Gasteiger partial charge is 0.338 e. The highest BCUT2D eigenvalue weighted by Crippen LogP contribution is 2.33. The molecule has 0 atom stereocenters. The average molecular weight is 464 g/mol. The number of aromatic amines is 2. The van der Waals surface area contributed by atoms with Crippen molar-refractivity contribution in [3.8, 4) is 33.8 Å². The molecule has 0 saturated carbocycles. The number of fused-ring (bicyclic) bond motifs is 2. The van der Waals surface area contributed by atoms with Crippen LogP contribution in [0.25, 0.3) is 55.8 Å². The van der Waals surface area contributed by atoms with Gasteiger partial charge in [0.2, 0.25) is 0 Å². The smallest absolute Gasteiger partial charge is 0.138 e. The molecule has 6 rings (SSSR count). The first-order valence-electron chi connectivity index (χ1n) is 11.2. The molecule has 0 amide bonds. The highest BCUT2D eigenvalue weighted by atomic mass is 19.1. The molecule has 0 aliphatic heterocycles. The van der Waals surface area contributed by atoms with E-state index in [1.165, 1.54) is 12.1 Å². The summed E-state index contributed by atoms with van der Waals surface area (Å²) in [5.41, 5.74) is 8.34. The lowest BCUT2D eigenvalue weighted by atomic mass is 10.0. The zero-order chi connectivity index (χ0) is 23.9. The Morgan fingerprint density at radius 1 is 0.971 bits per heavy atom. The number of H-pyrrole nitrogens is 2. The van der Waals surface area contributed by atoms with Crippen LogP contribution in [-0.4, -0.2) is 49.1 Å². The highest BCUT2D eigenvalue weighted by Gasteiger charge is 2.16. The van der Waals surface area contributed by atoms with Crippen molar-refractivity contribution in [1.82, 2.24) is 35.0 Å². The summed E-state index contributed by atoms with van der Waals surface area (Å²) < 4.78 is 13.9. The first-order valence-corrected chi connectivity index (χ1v) is 11.2. The second kappa shape index (κ2) is 8.41. The molecule has 0 saturated heterocycles. The molecule has 5 aromatic heterocycles. The van der Waals surface area contributed by atoms with Crippen molar-refractivity contribution in [3.05, 3.63) is 84.6 Å². The monoisotopic (exact) mass is 463 g/mol. The molecule has 0 radical (unpaired) electrons. The van der Waals surface area contributed by atoms with Crippen molar-refractivity contribution in [2.75, 3.05) is 14.1 Å². The molecule has 7 nitrogen and oxygen atoms in total. The number of hydrogen-bond acceptors (Lipinski definition) is 5. The topological polar surface area (TPSA) is 86.4 Å². The van der Waals surface area contributed by atoms with E-state index in [0.29, 0.717) is 11.3 Å². The summed E-state index contributed by atoms with van der Waals surface area (Å²) in [6.07, 6.45) is 5.42. The van der Waals surface area contributed by atoms with E-state index in [0.717, 1.165) is 56.6 Å². The normalized spacial score (nSPS) is 11.7. The molecule has 0 bridgehead atoms. The molecule has 35 heavy (non-hydrogen) atoms. The first-order chi connectivity index (χ1) is 17.0. The fourth-order valence-corrected chi connectivity index (χ4v) is 4.39. The second-order valence-electron chi connectivity index (χ2n) is 8.80. The van der Waals surface area contributed by atoms with Gasteiger partial charge in [0.1, 0.15) is 22.7 Å². The van der Waals surface area contributed by atoms with Crippen molar-refractivity contribution in [1.29, 1.82) is 0 Å². The number of aromatic nitrogens is 6. The summed E-state index contributed by atoms with van der Waals surface area (Å²) in [6.45, 7) is 0.801. The Balaban J connectivity index is 1.45. The molecule has 0 spiro atoms. The van der Waals surface area contributed by atoms with E-state index in [4.69, 9.17) is 4.98 Å². The first kappa shape index (κ1) is 21.1. The van der Waals surface area contributed by atoms with E-state index in [-0.39, 0.29) is 5.82 Å². The minimum Gasteiger partial charge on any atom is -0.338 e. The third-order valence-corrected chi connectivity index (χ3v) is 5.92. The fraction of sp³-hybridized carbons (Fsp3) is 0.111. The Labute approximate surface area is 200 Å². The summed E-state index contributed by atoms with van der Waals surface area (Å²) in [6, 6.07) is 16.5. The minimum absolute atomic E-state index is 0.276. The number of hydrogen-bond donors (Lipinski definition) is 2. The van der Waals surface area contributed by atoms with Crippen LogP contribution in [0.1, 0.15) is 5.56 Å². The van der Waals surface area contributed by atoms with Gasteiger partial charge in [-0.1, -0.05) is 12.1 Å². The van der Waals surface area contributed by atoms with E-state index in [1.54, 1.807) is 12.3 Å². The van der Waals surface area contributed by atoms with Gasteiger partial charge in [-0.15, -0.1) is 0 Å². The van der Waals surface area contributed by atoms with Crippen molar-refractivity contribution in [2.24, 2.45) is 0 Å². The van der Waals surface area contributed by atoms with Gasteiger partial charge in [0.25, 0.3) is 0 Å². The maximum absolute atomic E-state index is 13.9. The fourth-order valence-electron chi connectivity index (χ4n) is 4.39. The molecule has 0 fully saturated rings. The van der Waals surface area contributed by atoms with E-state index < -0.39 is 0 Å². The molecule has 172 valence electrons. The van der Waals surface area contributed by atoms with Gasteiger partial charge in [-0.2, -0.15) is 5.10 Å². The number of pyridine rings is 3. The Kier molecular flexibility index (Phi) is 5.08. The summed E-state index contributed by atoms with van der Waals surface area (Å²) in [5.74, 6) is -0.276. The Morgan fingerprint density at radius 3 is 2.74 bits per heavy atom. The van der Waals surface area contributed by atoms with Gasteiger partial charge in [0, 0.05) is 36.1 Å². The molecule has 5 heterocycles. The van der Waals surface area contributed by atoms with Gasteiger partial charge in [0.15, 0.2) is 0 Å². The lowest BCUT2D eigenvalue weighted by Crippen LogP contribution is -2.10. The van der Waals surface area contributed by atoms with Crippen LogP contribution in [0.2, 0.25) is 0 Å². The van der Waals surface area contributed by atoms with Gasteiger partial charge in [-0.3, -0.25) is 10.1 Å². The Morgan fingerprint density at radius 2 is 1.89 bits per heavy atom.